The molecule has 8 amide bonds. The minimum atomic E-state index is -0.896. The summed E-state index contributed by atoms with van der Waals surface area (Å²) in [6, 6.07) is 0. The third kappa shape index (κ3) is 8.96. The summed E-state index contributed by atoms with van der Waals surface area (Å²) >= 11 is 0. The van der Waals surface area contributed by atoms with E-state index in [1.165, 1.54) is 0 Å². The number of carbonyl (C=O) groups excluding carboxylic acids is 9. The van der Waals surface area contributed by atoms with E-state index in [0.717, 1.165) is 17.1 Å². The van der Waals surface area contributed by atoms with Crippen molar-refractivity contribution in [1.29, 1.82) is 0 Å². The van der Waals surface area contributed by atoms with Gasteiger partial charge >= 0.3 is 5.97 Å². The summed E-state index contributed by atoms with van der Waals surface area (Å²) in [5, 5.41) is 9.44. The second-order valence-corrected chi connectivity index (χ2v) is 7.39. The molecule has 2 aliphatic heterocycles. The van der Waals surface area contributed by atoms with Crippen molar-refractivity contribution < 1.29 is 48.0 Å². The molecule has 0 unspecified atom stereocenters. The van der Waals surface area contributed by atoms with Crippen LogP contribution < -0.4 is 21.3 Å². The summed E-state index contributed by atoms with van der Waals surface area (Å²) in [6.07, 6.45) is 1.57. The molecule has 2 aliphatic rings. The highest BCUT2D eigenvalue weighted by atomic mass is 16.7. The Morgan fingerprint density at radius 2 is 1.17 bits per heavy atom. The van der Waals surface area contributed by atoms with Crippen LogP contribution in [-0.2, 0) is 48.0 Å². The molecule has 0 aliphatic carbocycles. The van der Waals surface area contributed by atoms with Crippen molar-refractivity contribution in [2.45, 2.75) is 25.7 Å². The van der Waals surface area contributed by atoms with Crippen LogP contribution in [0.4, 0.5) is 0 Å². The minimum absolute atomic E-state index is 0.0407. The van der Waals surface area contributed by atoms with Crippen molar-refractivity contribution in [2.75, 3.05) is 32.7 Å². The molecule has 1 fully saturated rings. The highest BCUT2D eigenvalue weighted by molar-refractivity contribution is 6.13. The van der Waals surface area contributed by atoms with E-state index in [-0.39, 0.29) is 38.8 Å². The second-order valence-electron chi connectivity index (χ2n) is 7.39. The third-order valence-electron chi connectivity index (χ3n) is 4.65. The van der Waals surface area contributed by atoms with Crippen LogP contribution in [0.5, 0.6) is 0 Å². The van der Waals surface area contributed by atoms with E-state index in [1.54, 1.807) is 0 Å². The molecule has 16 heteroatoms. The lowest BCUT2D eigenvalue weighted by Gasteiger charge is -2.13. The SMILES string of the molecule is O=C(CCN1C(=O)C=CC1=O)NCC(=O)NCC(=O)NCC(=O)NCCC(=O)ON1C(=O)CCC1=O. The number of nitrogens with one attached hydrogen (secondary N) is 4. The largest absolute Gasteiger partial charge is 0.354 e. The number of nitrogens with zero attached hydrogens (tertiary/aromatic N) is 2. The van der Waals surface area contributed by atoms with E-state index in [0.29, 0.717) is 5.06 Å². The molecule has 0 atom stereocenters. The van der Waals surface area contributed by atoms with Gasteiger partial charge < -0.3 is 26.1 Å². The maximum Gasteiger partial charge on any atom is 0.334 e. The number of imide groups is 2. The average Bonchev–Trinajstić information content (AvgIpc) is 3.33. The first-order chi connectivity index (χ1) is 17.1. The molecule has 0 aromatic rings. The lowest BCUT2D eigenvalue weighted by molar-refractivity contribution is -0.197. The van der Waals surface area contributed by atoms with Gasteiger partial charge in [0.1, 0.15) is 0 Å². The van der Waals surface area contributed by atoms with Crippen LogP contribution in [-0.4, -0.2) is 95.9 Å². The zero-order valence-corrected chi connectivity index (χ0v) is 19.0. The number of hydrogen-bond acceptors (Lipinski definition) is 10. The van der Waals surface area contributed by atoms with Gasteiger partial charge in [-0.3, -0.25) is 43.3 Å². The number of carbonyl (C=O) groups is 9. The van der Waals surface area contributed by atoms with E-state index in [1.807, 2.05) is 0 Å². The summed E-state index contributed by atoms with van der Waals surface area (Å²) in [6.45, 7) is -1.68. The van der Waals surface area contributed by atoms with Crippen LogP contribution in [0.25, 0.3) is 0 Å². The standard InChI is InChI=1S/C20H24N6O10/c27-12(6-8-25-16(31)1-2-17(25)32)22-10-14(29)24-11-15(30)23-9-13(28)21-7-5-20(35)36-26-18(33)3-4-19(26)34/h1-2H,3-11H2,(H,21,28)(H,22,27)(H,23,30)(H,24,29). The Morgan fingerprint density at radius 1 is 0.694 bits per heavy atom. The van der Waals surface area contributed by atoms with Crippen molar-refractivity contribution in [3.63, 3.8) is 0 Å². The van der Waals surface area contributed by atoms with Gasteiger partial charge in [0.05, 0.1) is 26.1 Å². The number of hydrogen-bond donors (Lipinski definition) is 4. The van der Waals surface area contributed by atoms with Gasteiger partial charge in [-0.05, 0) is 0 Å². The van der Waals surface area contributed by atoms with Crippen molar-refractivity contribution in [3.8, 4) is 0 Å². The first kappa shape index (κ1) is 27.6. The lowest BCUT2D eigenvalue weighted by atomic mass is 10.3. The predicted octanol–water partition coefficient (Wildman–Crippen LogP) is -4.24. The Balaban J connectivity index is 1.50. The number of rotatable bonds is 13. The van der Waals surface area contributed by atoms with E-state index in [4.69, 9.17) is 0 Å². The molecule has 2 heterocycles. The molecule has 16 nitrogen and oxygen atoms in total. The lowest BCUT2D eigenvalue weighted by Crippen LogP contribution is -2.44. The van der Waals surface area contributed by atoms with Gasteiger partial charge in [-0.15, -0.1) is 5.06 Å². The van der Waals surface area contributed by atoms with Crippen LogP contribution in [0.1, 0.15) is 25.7 Å². The Hall–Kier alpha value is -4.63. The van der Waals surface area contributed by atoms with Crippen molar-refractivity contribution in [3.05, 3.63) is 12.2 Å². The van der Waals surface area contributed by atoms with Crippen LogP contribution in [0.2, 0.25) is 0 Å². The monoisotopic (exact) mass is 508 g/mol. The summed E-state index contributed by atoms with van der Waals surface area (Å²) < 4.78 is 0. The van der Waals surface area contributed by atoms with E-state index in [2.05, 4.69) is 26.1 Å². The van der Waals surface area contributed by atoms with Crippen molar-refractivity contribution in [1.82, 2.24) is 31.2 Å². The van der Waals surface area contributed by atoms with Crippen LogP contribution in [0.3, 0.4) is 0 Å². The maximum absolute atomic E-state index is 11.7. The molecule has 0 aromatic carbocycles. The fraction of sp³-hybridized carbons (Fsp3) is 0.450. The first-order valence-corrected chi connectivity index (χ1v) is 10.7. The molecule has 0 bridgehead atoms. The van der Waals surface area contributed by atoms with Gasteiger partial charge in [0.25, 0.3) is 23.6 Å². The molecule has 0 radical (unpaired) electrons. The Kier molecular flexibility index (Phi) is 10.2. The number of hydroxylamine groups is 2. The fourth-order valence-corrected chi connectivity index (χ4v) is 2.79. The molecule has 194 valence electrons. The fourth-order valence-electron chi connectivity index (χ4n) is 2.79. The molecule has 4 N–H and O–H groups in total. The molecule has 0 saturated carbocycles. The molecule has 1 saturated heterocycles. The average molecular weight is 508 g/mol. The number of amides is 8. The normalized spacial score (nSPS) is 14.7. The zero-order chi connectivity index (χ0) is 26.7. The Bertz CT molecular complexity index is 973. The van der Waals surface area contributed by atoms with Gasteiger partial charge in [0.15, 0.2) is 0 Å². The van der Waals surface area contributed by atoms with Crippen molar-refractivity contribution in [2.24, 2.45) is 0 Å². The molecular weight excluding hydrogens is 484 g/mol. The van der Waals surface area contributed by atoms with Gasteiger partial charge in [0.2, 0.25) is 23.6 Å². The smallest absolute Gasteiger partial charge is 0.334 e. The van der Waals surface area contributed by atoms with E-state index >= 15 is 0 Å². The van der Waals surface area contributed by atoms with Crippen LogP contribution in [0.15, 0.2) is 12.2 Å². The maximum atomic E-state index is 11.7. The quantitative estimate of drug-likeness (QED) is 0.176. The highest BCUT2D eigenvalue weighted by Crippen LogP contribution is 2.12. The summed E-state index contributed by atoms with van der Waals surface area (Å²) in [5.41, 5.74) is 0. The van der Waals surface area contributed by atoms with E-state index in [9.17, 15) is 43.2 Å². The topological polar surface area (TPSA) is 217 Å². The van der Waals surface area contributed by atoms with E-state index < -0.39 is 72.9 Å². The zero-order valence-electron chi connectivity index (χ0n) is 19.0. The van der Waals surface area contributed by atoms with Gasteiger partial charge in [0, 0.05) is 44.5 Å². The second kappa shape index (κ2) is 13.3. The van der Waals surface area contributed by atoms with Crippen molar-refractivity contribution >= 4 is 53.2 Å². The summed E-state index contributed by atoms with van der Waals surface area (Å²) in [4.78, 5) is 109. The van der Waals surface area contributed by atoms with Gasteiger partial charge in [-0.1, -0.05) is 0 Å². The summed E-state index contributed by atoms with van der Waals surface area (Å²) in [7, 11) is 0. The summed E-state index contributed by atoms with van der Waals surface area (Å²) in [5.74, 6) is -5.82. The molecule has 0 aromatic heterocycles. The predicted molar refractivity (Wildman–Crippen MR) is 114 cm³/mol. The van der Waals surface area contributed by atoms with Gasteiger partial charge in [-0.25, -0.2) is 4.79 Å². The van der Waals surface area contributed by atoms with Crippen LogP contribution >= 0.6 is 0 Å². The molecule has 0 spiro atoms. The minimum Gasteiger partial charge on any atom is -0.354 e. The molecule has 36 heavy (non-hydrogen) atoms. The van der Waals surface area contributed by atoms with Crippen LogP contribution in [0, 0.1) is 0 Å². The Labute approximate surface area is 203 Å². The molecule has 2 rings (SSSR count). The van der Waals surface area contributed by atoms with Gasteiger partial charge in [-0.2, -0.15) is 0 Å². The Morgan fingerprint density at radius 3 is 1.69 bits per heavy atom. The highest BCUT2D eigenvalue weighted by Gasteiger charge is 2.32. The molecular formula is C20H24N6O10. The third-order valence-corrected chi connectivity index (χ3v) is 4.65. The first-order valence-electron chi connectivity index (χ1n) is 10.7.